The molecule has 3 heteroatoms. The molecule has 0 aliphatic heterocycles. The Labute approximate surface area is 114 Å². The molecule has 1 aromatic carbocycles. The highest BCUT2D eigenvalue weighted by molar-refractivity contribution is 5.79. The number of hydrogen-bond donors (Lipinski definition) is 2. The van der Waals surface area contributed by atoms with E-state index in [1.165, 1.54) is 25.7 Å². The highest BCUT2D eigenvalue weighted by Crippen LogP contribution is 2.48. The zero-order valence-corrected chi connectivity index (χ0v) is 11.3. The smallest absolute Gasteiger partial charge is 0.119 e. The van der Waals surface area contributed by atoms with Crippen molar-refractivity contribution in [1.29, 1.82) is 5.41 Å². The molecule has 3 rings (SSSR count). The van der Waals surface area contributed by atoms with Gasteiger partial charge in [-0.25, -0.2) is 0 Å². The molecule has 0 radical (unpaired) electrons. The number of amidine groups is 1. The van der Waals surface area contributed by atoms with Gasteiger partial charge in [0.1, 0.15) is 5.75 Å². The molecule has 0 amide bonds. The normalized spacial score (nSPS) is 28.5. The van der Waals surface area contributed by atoms with Crippen LogP contribution in [0.3, 0.4) is 0 Å². The Hall–Kier alpha value is -1.51. The Morgan fingerprint density at radius 1 is 1.21 bits per heavy atom. The van der Waals surface area contributed by atoms with Crippen LogP contribution in [0.4, 0.5) is 0 Å². The standard InChI is InChI=1S/C16H22N2O/c17-16(18)9-11-2-5-15(6-3-11)19-10-14-8-12-1-4-13(14)7-12/h2-3,5-6,12-14H,1,4,7-10H2,(H3,17,18). The molecule has 3 nitrogen and oxygen atoms in total. The van der Waals surface area contributed by atoms with Gasteiger partial charge in [-0.05, 0) is 54.7 Å². The van der Waals surface area contributed by atoms with Gasteiger partial charge in [0.25, 0.3) is 0 Å². The summed E-state index contributed by atoms with van der Waals surface area (Å²) in [4.78, 5) is 0. The Kier molecular flexibility index (Phi) is 3.45. The van der Waals surface area contributed by atoms with E-state index in [0.717, 1.165) is 35.7 Å². The predicted octanol–water partition coefficient (Wildman–Crippen LogP) is 2.98. The van der Waals surface area contributed by atoms with Crippen molar-refractivity contribution in [3.63, 3.8) is 0 Å². The van der Waals surface area contributed by atoms with Gasteiger partial charge in [0.05, 0.1) is 12.4 Å². The van der Waals surface area contributed by atoms with Crippen molar-refractivity contribution in [2.45, 2.75) is 32.1 Å². The molecule has 3 N–H and O–H groups in total. The van der Waals surface area contributed by atoms with Crippen molar-refractivity contribution in [3.05, 3.63) is 29.8 Å². The second-order valence-corrected chi connectivity index (χ2v) is 6.09. The van der Waals surface area contributed by atoms with Gasteiger partial charge in [0.2, 0.25) is 0 Å². The lowest BCUT2D eigenvalue weighted by Gasteiger charge is -2.21. The van der Waals surface area contributed by atoms with Crippen LogP contribution in [0.25, 0.3) is 0 Å². The summed E-state index contributed by atoms with van der Waals surface area (Å²) < 4.78 is 5.92. The molecule has 2 bridgehead atoms. The van der Waals surface area contributed by atoms with Gasteiger partial charge < -0.3 is 10.5 Å². The third-order valence-corrected chi connectivity index (χ3v) is 4.67. The fraction of sp³-hybridized carbons (Fsp3) is 0.562. The van der Waals surface area contributed by atoms with E-state index in [1.54, 1.807) is 0 Å². The van der Waals surface area contributed by atoms with Gasteiger partial charge >= 0.3 is 0 Å². The molecule has 2 saturated carbocycles. The SMILES string of the molecule is N=C(N)Cc1ccc(OCC2CC3CCC2C3)cc1. The maximum atomic E-state index is 7.27. The van der Waals surface area contributed by atoms with Crippen molar-refractivity contribution < 1.29 is 4.74 Å². The first-order valence-electron chi connectivity index (χ1n) is 7.25. The third-order valence-electron chi connectivity index (χ3n) is 4.67. The Morgan fingerprint density at radius 3 is 2.58 bits per heavy atom. The van der Waals surface area contributed by atoms with Crippen LogP contribution >= 0.6 is 0 Å². The average molecular weight is 258 g/mol. The molecule has 0 spiro atoms. The number of benzene rings is 1. The average Bonchev–Trinajstić information content (AvgIpc) is 2.99. The topological polar surface area (TPSA) is 59.1 Å². The lowest BCUT2D eigenvalue weighted by Crippen LogP contribution is -2.18. The minimum Gasteiger partial charge on any atom is -0.493 e. The Morgan fingerprint density at radius 2 is 2.00 bits per heavy atom. The largest absolute Gasteiger partial charge is 0.493 e. The maximum Gasteiger partial charge on any atom is 0.119 e. The quantitative estimate of drug-likeness (QED) is 0.630. The van der Waals surface area contributed by atoms with Crippen LogP contribution in [0, 0.1) is 23.2 Å². The third kappa shape index (κ3) is 2.91. The number of nitrogens with one attached hydrogen (secondary N) is 1. The second-order valence-electron chi connectivity index (χ2n) is 6.09. The van der Waals surface area contributed by atoms with E-state index in [9.17, 15) is 0 Å². The molecule has 0 heterocycles. The maximum absolute atomic E-state index is 7.27. The lowest BCUT2D eigenvalue weighted by atomic mass is 9.89. The summed E-state index contributed by atoms with van der Waals surface area (Å²) in [7, 11) is 0. The zero-order chi connectivity index (χ0) is 13.2. The van der Waals surface area contributed by atoms with Crippen LogP contribution in [0.2, 0.25) is 0 Å². The molecule has 2 fully saturated rings. The first kappa shape index (κ1) is 12.5. The fourth-order valence-electron chi connectivity index (χ4n) is 3.71. The zero-order valence-electron chi connectivity index (χ0n) is 11.3. The summed E-state index contributed by atoms with van der Waals surface area (Å²) in [6.45, 7) is 0.868. The van der Waals surface area contributed by atoms with E-state index in [0.29, 0.717) is 6.42 Å². The molecule has 3 unspecified atom stereocenters. The van der Waals surface area contributed by atoms with Crippen molar-refractivity contribution in [2.75, 3.05) is 6.61 Å². The van der Waals surface area contributed by atoms with Crippen LogP contribution in [-0.4, -0.2) is 12.4 Å². The molecular formula is C16H22N2O. The van der Waals surface area contributed by atoms with Crippen molar-refractivity contribution in [1.82, 2.24) is 0 Å². The van der Waals surface area contributed by atoms with Gasteiger partial charge in [0.15, 0.2) is 0 Å². The number of fused-ring (bicyclic) bond motifs is 2. The minimum absolute atomic E-state index is 0.204. The van der Waals surface area contributed by atoms with E-state index in [-0.39, 0.29) is 5.84 Å². The van der Waals surface area contributed by atoms with E-state index >= 15 is 0 Å². The van der Waals surface area contributed by atoms with E-state index in [2.05, 4.69) is 0 Å². The van der Waals surface area contributed by atoms with Crippen molar-refractivity contribution >= 4 is 5.84 Å². The molecule has 2 aliphatic carbocycles. The summed E-state index contributed by atoms with van der Waals surface area (Å²) in [5.74, 6) is 3.82. The summed E-state index contributed by atoms with van der Waals surface area (Å²) in [5, 5.41) is 7.27. The lowest BCUT2D eigenvalue weighted by molar-refractivity contribution is 0.195. The Balaban J connectivity index is 1.51. The second kappa shape index (κ2) is 5.24. The van der Waals surface area contributed by atoms with Crippen LogP contribution in [0.1, 0.15) is 31.2 Å². The van der Waals surface area contributed by atoms with Gasteiger partial charge in [-0.3, -0.25) is 5.41 Å². The van der Waals surface area contributed by atoms with Crippen LogP contribution < -0.4 is 10.5 Å². The highest BCUT2D eigenvalue weighted by Gasteiger charge is 2.39. The summed E-state index contributed by atoms with van der Waals surface area (Å²) in [5.41, 5.74) is 6.46. The van der Waals surface area contributed by atoms with Crippen LogP contribution in [0.5, 0.6) is 5.75 Å². The minimum atomic E-state index is 0.204. The molecular weight excluding hydrogens is 236 g/mol. The van der Waals surface area contributed by atoms with Gasteiger partial charge in [0, 0.05) is 6.42 Å². The number of ether oxygens (including phenoxy) is 1. The van der Waals surface area contributed by atoms with Crippen molar-refractivity contribution in [2.24, 2.45) is 23.5 Å². The summed E-state index contributed by atoms with van der Waals surface area (Å²) >= 11 is 0. The number of rotatable bonds is 5. The molecule has 1 aromatic rings. The molecule has 19 heavy (non-hydrogen) atoms. The molecule has 102 valence electrons. The fourth-order valence-corrected chi connectivity index (χ4v) is 3.71. The van der Waals surface area contributed by atoms with E-state index < -0.39 is 0 Å². The molecule has 2 aliphatic rings. The molecule has 0 aromatic heterocycles. The van der Waals surface area contributed by atoms with E-state index in [1.807, 2.05) is 24.3 Å². The summed E-state index contributed by atoms with van der Waals surface area (Å²) in [6.07, 6.45) is 6.18. The number of nitrogens with two attached hydrogens (primary N) is 1. The van der Waals surface area contributed by atoms with Gasteiger partial charge in [-0.15, -0.1) is 0 Å². The van der Waals surface area contributed by atoms with Crippen molar-refractivity contribution in [3.8, 4) is 5.75 Å². The monoisotopic (exact) mass is 258 g/mol. The van der Waals surface area contributed by atoms with Crippen LogP contribution in [0.15, 0.2) is 24.3 Å². The predicted molar refractivity (Wildman–Crippen MR) is 76.5 cm³/mol. The molecule has 0 saturated heterocycles. The molecule has 3 atom stereocenters. The highest BCUT2D eigenvalue weighted by atomic mass is 16.5. The van der Waals surface area contributed by atoms with Gasteiger partial charge in [-0.1, -0.05) is 18.6 Å². The Bertz CT molecular complexity index is 454. The van der Waals surface area contributed by atoms with Crippen LogP contribution in [-0.2, 0) is 6.42 Å². The first-order chi connectivity index (χ1) is 9.20. The first-order valence-corrected chi connectivity index (χ1v) is 7.25. The van der Waals surface area contributed by atoms with E-state index in [4.69, 9.17) is 15.9 Å². The van der Waals surface area contributed by atoms with Gasteiger partial charge in [-0.2, -0.15) is 0 Å². The number of hydrogen-bond acceptors (Lipinski definition) is 2. The summed E-state index contributed by atoms with van der Waals surface area (Å²) in [6, 6.07) is 7.98.